The zero-order valence-electron chi connectivity index (χ0n) is 18.7. The summed E-state index contributed by atoms with van der Waals surface area (Å²) in [4.78, 5) is 35.4. The Labute approximate surface area is 183 Å². The molecule has 31 heavy (non-hydrogen) atoms. The molecule has 4 aliphatic rings. The number of carbonyl (C=O) groups is 2. The third-order valence-corrected chi connectivity index (χ3v) is 7.79. The Kier molecular flexibility index (Phi) is 5.54. The molecule has 170 valence electrons. The van der Waals surface area contributed by atoms with E-state index in [1.807, 2.05) is 4.90 Å². The number of oxazole rings is 1. The molecule has 1 N–H and O–H groups in total. The molecule has 1 aromatic heterocycles. The number of aromatic nitrogens is 1. The van der Waals surface area contributed by atoms with Crippen LogP contribution in [0.25, 0.3) is 0 Å². The first-order chi connectivity index (χ1) is 15.0. The summed E-state index contributed by atoms with van der Waals surface area (Å²) in [5, 5.41) is 3.28. The van der Waals surface area contributed by atoms with Gasteiger partial charge in [-0.15, -0.1) is 0 Å². The zero-order valence-corrected chi connectivity index (χ0v) is 18.7. The maximum absolute atomic E-state index is 13.5. The lowest BCUT2D eigenvalue weighted by atomic mass is 9.60. The van der Waals surface area contributed by atoms with E-state index in [2.05, 4.69) is 15.2 Å². The molecule has 2 amide bonds. The van der Waals surface area contributed by atoms with Crippen LogP contribution in [0.4, 0.5) is 0 Å². The van der Waals surface area contributed by atoms with E-state index < -0.39 is 5.41 Å². The van der Waals surface area contributed by atoms with Crippen LogP contribution < -0.4 is 5.32 Å². The smallest absolute Gasteiger partial charge is 0.291 e. The predicted octanol–water partition coefficient (Wildman–Crippen LogP) is 1.90. The number of hydrogen-bond acceptors (Lipinski definition) is 6. The normalized spacial score (nSPS) is 31.9. The third kappa shape index (κ3) is 4.00. The van der Waals surface area contributed by atoms with Crippen molar-refractivity contribution in [3.8, 4) is 0 Å². The Hall–Kier alpha value is -1.93. The van der Waals surface area contributed by atoms with Crippen LogP contribution in [-0.4, -0.2) is 78.1 Å². The molecule has 0 bridgehead atoms. The Morgan fingerprint density at radius 2 is 1.87 bits per heavy atom. The predicted molar refractivity (Wildman–Crippen MR) is 114 cm³/mol. The lowest BCUT2D eigenvalue weighted by Gasteiger charge is -2.53. The number of hydrogen-bond donors (Lipinski definition) is 1. The van der Waals surface area contributed by atoms with E-state index in [4.69, 9.17) is 9.15 Å². The van der Waals surface area contributed by atoms with Gasteiger partial charge in [-0.3, -0.25) is 14.5 Å². The van der Waals surface area contributed by atoms with E-state index in [0.717, 1.165) is 64.8 Å². The first kappa shape index (κ1) is 20.9. The lowest BCUT2D eigenvalue weighted by Crippen LogP contribution is -2.61. The summed E-state index contributed by atoms with van der Waals surface area (Å²) in [7, 11) is 0. The number of morpholine rings is 1. The average Bonchev–Trinajstić information content (AvgIpc) is 3.54. The van der Waals surface area contributed by atoms with Gasteiger partial charge in [-0.1, -0.05) is 0 Å². The highest BCUT2D eigenvalue weighted by Crippen LogP contribution is 2.48. The molecule has 0 aromatic carbocycles. The molecule has 8 heteroatoms. The number of amides is 2. The molecule has 2 saturated carbocycles. The highest BCUT2D eigenvalue weighted by atomic mass is 16.5. The van der Waals surface area contributed by atoms with Gasteiger partial charge in [0.1, 0.15) is 0 Å². The maximum atomic E-state index is 13.5. The largest absolute Gasteiger partial charge is 0.436 e. The molecular formula is C23H34N4O4. The highest BCUT2D eigenvalue weighted by molar-refractivity contribution is 5.93. The van der Waals surface area contributed by atoms with E-state index in [0.29, 0.717) is 48.4 Å². The van der Waals surface area contributed by atoms with Gasteiger partial charge >= 0.3 is 0 Å². The molecule has 2 aliphatic carbocycles. The summed E-state index contributed by atoms with van der Waals surface area (Å²) in [5.41, 5.74) is 0.125. The van der Waals surface area contributed by atoms with Gasteiger partial charge in [-0.25, -0.2) is 4.98 Å². The van der Waals surface area contributed by atoms with Crippen LogP contribution in [-0.2, 0) is 9.53 Å². The summed E-state index contributed by atoms with van der Waals surface area (Å²) in [6.45, 7) is 8.26. The minimum Gasteiger partial charge on any atom is -0.436 e. The van der Waals surface area contributed by atoms with Gasteiger partial charge in [0, 0.05) is 45.2 Å². The topological polar surface area (TPSA) is 87.9 Å². The molecule has 3 atom stereocenters. The van der Waals surface area contributed by atoms with E-state index in [-0.39, 0.29) is 11.8 Å². The van der Waals surface area contributed by atoms with E-state index in [9.17, 15) is 9.59 Å². The maximum Gasteiger partial charge on any atom is 0.291 e. The molecule has 1 aromatic rings. The minimum absolute atomic E-state index is 0.134. The van der Waals surface area contributed by atoms with Crippen molar-refractivity contribution >= 4 is 11.8 Å². The van der Waals surface area contributed by atoms with Crippen molar-refractivity contribution in [1.82, 2.24) is 20.1 Å². The van der Waals surface area contributed by atoms with Gasteiger partial charge in [-0.05, 0) is 51.4 Å². The SMILES string of the molecule is Cc1nc(C)c(C(=O)N2CC[C@@H]3C[C@@H](N4CCOCC4)CC[C@@]3(C(=O)NC3CC3)C2)o1. The van der Waals surface area contributed by atoms with Crippen LogP contribution in [0.5, 0.6) is 0 Å². The Morgan fingerprint density at radius 3 is 2.55 bits per heavy atom. The number of nitrogens with zero attached hydrogens (tertiary/aromatic N) is 3. The van der Waals surface area contributed by atoms with E-state index in [1.165, 1.54) is 0 Å². The average molecular weight is 431 g/mol. The molecule has 3 heterocycles. The second kappa shape index (κ2) is 8.20. The zero-order chi connectivity index (χ0) is 21.6. The number of rotatable bonds is 4. The Balaban J connectivity index is 1.36. The molecule has 0 unspecified atom stereocenters. The van der Waals surface area contributed by atoms with Crippen molar-refractivity contribution < 1.29 is 18.7 Å². The van der Waals surface area contributed by atoms with Gasteiger partial charge in [0.05, 0.1) is 24.3 Å². The summed E-state index contributed by atoms with van der Waals surface area (Å²) in [5.74, 6) is 1.14. The summed E-state index contributed by atoms with van der Waals surface area (Å²) in [6, 6.07) is 0.835. The molecule has 2 aliphatic heterocycles. The van der Waals surface area contributed by atoms with Gasteiger partial charge in [0.25, 0.3) is 5.91 Å². The van der Waals surface area contributed by atoms with Crippen LogP contribution in [0.15, 0.2) is 4.42 Å². The first-order valence-electron chi connectivity index (χ1n) is 11.8. The second-order valence-electron chi connectivity index (χ2n) is 9.84. The monoisotopic (exact) mass is 430 g/mol. The first-order valence-corrected chi connectivity index (χ1v) is 11.8. The fourth-order valence-corrected chi connectivity index (χ4v) is 5.88. The van der Waals surface area contributed by atoms with Gasteiger partial charge < -0.3 is 19.4 Å². The Bertz CT molecular complexity index is 845. The van der Waals surface area contributed by atoms with Crippen molar-refractivity contribution in [3.63, 3.8) is 0 Å². The van der Waals surface area contributed by atoms with Crippen molar-refractivity contribution in [1.29, 1.82) is 0 Å². The molecule has 2 saturated heterocycles. The van der Waals surface area contributed by atoms with Crippen molar-refractivity contribution in [3.05, 3.63) is 17.3 Å². The fourth-order valence-electron chi connectivity index (χ4n) is 5.88. The van der Waals surface area contributed by atoms with Crippen LogP contribution in [0.2, 0.25) is 0 Å². The number of piperidine rings is 1. The number of carbonyl (C=O) groups excluding carboxylic acids is 2. The quantitative estimate of drug-likeness (QED) is 0.785. The molecule has 8 nitrogen and oxygen atoms in total. The number of likely N-dealkylation sites (tertiary alicyclic amines) is 1. The van der Waals surface area contributed by atoms with Crippen LogP contribution in [0.3, 0.4) is 0 Å². The summed E-state index contributed by atoms with van der Waals surface area (Å²) in [6.07, 6.45) is 5.86. The van der Waals surface area contributed by atoms with Gasteiger partial charge in [0.2, 0.25) is 11.7 Å². The number of nitrogens with one attached hydrogen (secondary N) is 1. The molecular weight excluding hydrogens is 396 g/mol. The van der Waals surface area contributed by atoms with Crippen molar-refractivity contribution in [2.75, 3.05) is 39.4 Å². The van der Waals surface area contributed by atoms with E-state index >= 15 is 0 Å². The Morgan fingerprint density at radius 1 is 1.10 bits per heavy atom. The van der Waals surface area contributed by atoms with Crippen molar-refractivity contribution in [2.45, 2.75) is 64.5 Å². The van der Waals surface area contributed by atoms with Crippen LogP contribution >= 0.6 is 0 Å². The number of fused-ring (bicyclic) bond motifs is 1. The minimum atomic E-state index is -0.498. The number of ether oxygens (including phenoxy) is 1. The molecule has 0 radical (unpaired) electrons. The standard InChI is InChI=1S/C23H34N4O4/c1-15-20(31-16(2)24-15)21(28)27-8-6-17-13-19(26-9-11-30-12-10-26)5-7-23(17,14-27)22(29)25-18-3-4-18/h17-19H,3-14H2,1-2H3,(H,25,29)/t17-,19+,23-/m1/s1. The molecule has 5 rings (SSSR count). The second-order valence-corrected chi connectivity index (χ2v) is 9.84. The molecule has 0 spiro atoms. The number of aryl methyl sites for hydroxylation is 2. The van der Waals surface area contributed by atoms with Crippen LogP contribution in [0, 0.1) is 25.2 Å². The third-order valence-electron chi connectivity index (χ3n) is 7.79. The fraction of sp³-hybridized carbons (Fsp3) is 0.783. The summed E-state index contributed by atoms with van der Waals surface area (Å²) >= 11 is 0. The molecule has 4 fully saturated rings. The van der Waals surface area contributed by atoms with Crippen LogP contribution in [0.1, 0.15) is 60.7 Å². The highest BCUT2D eigenvalue weighted by Gasteiger charge is 2.54. The van der Waals surface area contributed by atoms with E-state index in [1.54, 1.807) is 13.8 Å². The van der Waals surface area contributed by atoms with Gasteiger partial charge in [0.15, 0.2) is 5.89 Å². The summed E-state index contributed by atoms with van der Waals surface area (Å²) < 4.78 is 11.1. The van der Waals surface area contributed by atoms with Gasteiger partial charge in [-0.2, -0.15) is 0 Å². The van der Waals surface area contributed by atoms with Crippen molar-refractivity contribution in [2.24, 2.45) is 11.3 Å². The lowest BCUT2D eigenvalue weighted by molar-refractivity contribution is -0.143.